The molecule has 0 aliphatic carbocycles. The topological polar surface area (TPSA) is 145 Å². The third-order valence-electron chi connectivity index (χ3n) is 3.39. The molecule has 28 heavy (non-hydrogen) atoms. The molecule has 0 aromatic rings. The van der Waals surface area contributed by atoms with Crippen LogP contribution in [0.2, 0.25) is 0 Å². The van der Waals surface area contributed by atoms with E-state index in [0.717, 1.165) is 0 Å². The van der Waals surface area contributed by atoms with Gasteiger partial charge in [-0.1, -0.05) is 0 Å². The fourth-order valence-electron chi connectivity index (χ4n) is 2.14. The Kier molecular flexibility index (Phi) is 16.2. The molecule has 0 aromatic carbocycles. The van der Waals surface area contributed by atoms with E-state index in [0.29, 0.717) is 12.8 Å². The number of nitrogens with zero attached hydrogens (tertiary/aromatic N) is 3. The van der Waals surface area contributed by atoms with Crippen molar-refractivity contribution in [3.8, 4) is 18.2 Å². The van der Waals surface area contributed by atoms with Crippen molar-refractivity contribution in [3.05, 3.63) is 0 Å². The van der Waals surface area contributed by atoms with Gasteiger partial charge < -0.3 is 19.5 Å². The first-order valence-corrected chi connectivity index (χ1v) is 9.91. The highest BCUT2D eigenvalue weighted by atomic mass is 127. The van der Waals surface area contributed by atoms with Gasteiger partial charge in [0, 0.05) is 12.8 Å². The first kappa shape index (κ1) is 26.2. The molecule has 10 heteroatoms. The summed E-state index contributed by atoms with van der Waals surface area (Å²) in [4.78, 5) is 23.4. The second-order valence-electron chi connectivity index (χ2n) is 5.92. The van der Waals surface area contributed by atoms with Crippen LogP contribution in [0.15, 0.2) is 0 Å². The molecule has 0 saturated carbocycles. The highest BCUT2D eigenvalue weighted by Gasteiger charge is 2.33. The van der Waals surface area contributed by atoms with Crippen molar-refractivity contribution in [2.24, 2.45) is 0 Å². The highest BCUT2D eigenvalue weighted by molar-refractivity contribution is 14.1. The molecule has 0 aromatic heterocycles. The molecule has 0 unspecified atom stereocenters. The van der Waals surface area contributed by atoms with E-state index in [1.54, 1.807) is 22.6 Å². The van der Waals surface area contributed by atoms with Crippen LogP contribution in [-0.2, 0) is 23.8 Å². The van der Waals surface area contributed by atoms with E-state index in [2.05, 4.69) is 5.32 Å². The van der Waals surface area contributed by atoms with Gasteiger partial charge in [0.2, 0.25) is 5.91 Å². The molecule has 1 amide bonds. The standard InChI is InChI=1S/C18H25IN4O5/c19-16(24)5-1-6-17(25)23-18(13-26-10-2-7-20,14-27-11-3-8-21)15-28-12-4-9-22/h1-6,10-15H2,(H,23,25). The minimum Gasteiger partial charge on any atom is -0.378 e. The molecule has 0 spiro atoms. The lowest BCUT2D eigenvalue weighted by atomic mass is 10.0. The molecule has 154 valence electrons. The van der Waals surface area contributed by atoms with Gasteiger partial charge in [-0.2, -0.15) is 15.8 Å². The summed E-state index contributed by atoms with van der Waals surface area (Å²) in [6.45, 7) is 0.704. The molecule has 0 fully saturated rings. The number of carbonyl (C=O) groups excluding carboxylic acids is 2. The second kappa shape index (κ2) is 17.3. The molecule has 0 saturated heterocycles. The van der Waals surface area contributed by atoms with Crippen molar-refractivity contribution in [2.75, 3.05) is 39.6 Å². The molecule has 0 bridgehead atoms. The van der Waals surface area contributed by atoms with E-state index < -0.39 is 5.54 Å². The molecule has 0 rings (SSSR count). The number of rotatable bonds is 17. The average molecular weight is 504 g/mol. The largest absolute Gasteiger partial charge is 0.378 e. The van der Waals surface area contributed by atoms with Gasteiger partial charge in [-0.05, 0) is 29.0 Å². The molecule has 0 atom stereocenters. The van der Waals surface area contributed by atoms with E-state index in [1.165, 1.54) is 0 Å². The Morgan fingerprint density at radius 2 is 1.25 bits per heavy atom. The summed E-state index contributed by atoms with van der Waals surface area (Å²) in [6, 6.07) is 5.92. The Balaban J connectivity index is 5.02. The highest BCUT2D eigenvalue weighted by Crippen LogP contribution is 2.12. The van der Waals surface area contributed by atoms with E-state index in [1.807, 2.05) is 18.2 Å². The molecule has 1 N–H and O–H groups in total. The number of halogens is 1. The van der Waals surface area contributed by atoms with Gasteiger partial charge in [0.15, 0.2) is 3.79 Å². The van der Waals surface area contributed by atoms with Crippen molar-refractivity contribution in [1.82, 2.24) is 5.32 Å². The molecule has 9 nitrogen and oxygen atoms in total. The molecule has 0 aliphatic rings. The zero-order valence-electron chi connectivity index (χ0n) is 15.7. The van der Waals surface area contributed by atoms with Crippen LogP contribution in [0, 0.1) is 34.0 Å². The first-order valence-electron chi connectivity index (χ1n) is 8.83. The number of ether oxygens (including phenoxy) is 3. The molecule has 0 heterocycles. The number of hydrogen-bond donors (Lipinski definition) is 1. The monoisotopic (exact) mass is 504 g/mol. The summed E-state index contributed by atoms with van der Waals surface area (Å²) in [7, 11) is 0. The van der Waals surface area contributed by atoms with Crippen LogP contribution in [0.1, 0.15) is 38.5 Å². The normalized spacial score (nSPS) is 10.5. The third-order valence-corrected chi connectivity index (χ3v) is 3.93. The van der Waals surface area contributed by atoms with Crippen LogP contribution >= 0.6 is 22.6 Å². The van der Waals surface area contributed by atoms with E-state index >= 15 is 0 Å². The number of nitriles is 3. The van der Waals surface area contributed by atoms with Crippen molar-refractivity contribution in [3.63, 3.8) is 0 Å². The lowest BCUT2D eigenvalue weighted by Crippen LogP contribution is -2.58. The van der Waals surface area contributed by atoms with Gasteiger partial charge in [0.1, 0.15) is 5.54 Å². The minimum absolute atomic E-state index is 0.0174. The number of nitrogens with one attached hydrogen (secondary N) is 1. The maximum atomic E-state index is 12.4. The number of carbonyl (C=O) groups is 2. The summed E-state index contributed by atoms with van der Waals surface area (Å²) in [6.07, 6.45) is 1.48. The van der Waals surface area contributed by atoms with Gasteiger partial charge in [-0.25, -0.2) is 0 Å². The van der Waals surface area contributed by atoms with Crippen LogP contribution in [0.5, 0.6) is 0 Å². The van der Waals surface area contributed by atoms with E-state index in [-0.39, 0.29) is 75.0 Å². The minimum atomic E-state index is -1.02. The smallest absolute Gasteiger partial charge is 0.220 e. The van der Waals surface area contributed by atoms with Gasteiger partial charge in [-0.15, -0.1) is 0 Å². The summed E-state index contributed by atoms with van der Waals surface area (Å²) >= 11 is 1.69. The summed E-state index contributed by atoms with van der Waals surface area (Å²) in [5.74, 6) is -0.283. The predicted octanol–water partition coefficient (Wildman–Crippen LogP) is 1.76. The Hall–Kier alpha value is -1.78. The van der Waals surface area contributed by atoms with Crippen molar-refractivity contribution >= 4 is 32.3 Å². The van der Waals surface area contributed by atoms with Gasteiger partial charge in [-0.3, -0.25) is 9.59 Å². The van der Waals surface area contributed by atoms with Gasteiger partial charge in [0.05, 0.1) is 77.1 Å². The number of hydrogen-bond acceptors (Lipinski definition) is 8. The van der Waals surface area contributed by atoms with Crippen molar-refractivity contribution < 1.29 is 23.8 Å². The molecular weight excluding hydrogens is 479 g/mol. The lowest BCUT2D eigenvalue weighted by molar-refractivity contribution is -0.127. The summed E-state index contributed by atoms with van der Waals surface area (Å²) in [5, 5.41) is 28.8. The van der Waals surface area contributed by atoms with Crippen LogP contribution in [0.25, 0.3) is 0 Å². The summed E-state index contributed by atoms with van der Waals surface area (Å²) in [5.41, 5.74) is -1.02. The zero-order valence-corrected chi connectivity index (χ0v) is 17.9. The quantitative estimate of drug-likeness (QED) is 0.179. The van der Waals surface area contributed by atoms with Crippen LogP contribution in [0.3, 0.4) is 0 Å². The third kappa shape index (κ3) is 14.3. The molecular formula is C18H25IN4O5. The average Bonchev–Trinajstić information content (AvgIpc) is 2.65. The fraction of sp³-hybridized carbons (Fsp3) is 0.722. The van der Waals surface area contributed by atoms with E-state index in [9.17, 15) is 9.59 Å². The second-order valence-corrected chi connectivity index (χ2v) is 7.12. The Bertz CT molecular complexity index is 539. The maximum absolute atomic E-state index is 12.4. The van der Waals surface area contributed by atoms with Crippen LogP contribution in [-0.4, -0.2) is 54.9 Å². The first-order chi connectivity index (χ1) is 13.5. The number of amides is 1. The predicted molar refractivity (Wildman–Crippen MR) is 107 cm³/mol. The maximum Gasteiger partial charge on any atom is 0.220 e. The van der Waals surface area contributed by atoms with Crippen molar-refractivity contribution in [1.29, 1.82) is 15.8 Å². The summed E-state index contributed by atoms with van der Waals surface area (Å²) < 4.78 is 16.5. The fourth-order valence-corrected chi connectivity index (χ4v) is 2.52. The van der Waals surface area contributed by atoms with Crippen molar-refractivity contribution in [2.45, 2.75) is 44.1 Å². The molecule has 0 aliphatic heterocycles. The van der Waals surface area contributed by atoms with Crippen LogP contribution < -0.4 is 5.32 Å². The van der Waals surface area contributed by atoms with Gasteiger partial charge in [0.25, 0.3) is 0 Å². The van der Waals surface area contributed by atoms with Crippen LogP contribution in [0.4, 0.5) is 0 Å². The Labute approximate surface area is 179 Å². The lowest BCUT2D eigenvalue weighted by Gasteiger charge is -2.34. The Morgan fingerprint density at radius 3 is 1.61 bits per heavy atom. The SMILES string of the molecule is N#CCCOCC(COCCC#N)(COCCC#N)NC(=O)CCCC(=O)I. The van der Waals surface area contributed by atoms with Gasteiger partial charge >= 0.3 is 0 Å². The zero-order chi connectivity index (χ0) is 21.1. The van der Waals surface area contributed by atoms with E-state index in [4.69, 9.17) is 30.0 Å². The Morgan fingerprint density at radius 1 is 0.821 bits per heavy atom. The molecule has 0 radical (unpaired) electrons.